The van der Waals surface area contributed by atoms with Crippen molar-refractivity contribution in [2.45, 2.75) is 12.5 Å². The minimum Gasteiger partial charge on any atom is -0.394 e. The van der Waals surface area contributed by atoms with Gasteiger partial charge in [-0.25, -0.2) is 0 Å². The second-order valence-electron chi connectivity index (χ2n) is 3.06. The molecule has 0 fully saturated rings. The average Bonchev–Trinajstić information content (AvgIpc) is 2.03. The summed E-state index contributed by atoms with van der Waals surface area (Å²) in [7, 11) is 0. The Hall–Kier alpha value is -0.350. The van der Waals surface area contributed by atoms with E-state index in [0.717, 1.165) is 0 Å². The van der Waals surface area contributed by atoms with E-state index in [4.69, 9.17) is 34.0 Å². The summed E-state index contributed by atoms with van der Waals surface area (Å²) in [5.41, 5.74) is 5.26. The van der Waals surface area contributed by atoms with E-state index in [1.807, 2.05) is 0 Å². The third-order valence-corrected chi connectivity index (χ3v) is 2.17. The standard InChI is InChI=1S/C8H10Cl2N2O/c1-8(11,4-13)7-6(10)2-5(9)3-12-7/h2-3,13H,4,11H2,1H3/t8-/m0/s1. The van der Waals surface area contributed by atoms with Gasteiger partial charge >= 0.3 is 0 Å². The van der Waals surface area contributed by atoms with Crippen LogP contribution in [0.2, 0.25) is 10.0 Å². The first kappa shape index (κ1) is 10.7. The van der Waals surface area contributed by atoms with Crippen molar-refractivity contribution in [3.63, 3.8) is 0 Å². The summed E-state index contributed by atoms with van der Waals surface area (Å²) >= 11 is 11.5. The second-order valence-corrected chi connectivity index (χ2v) is 3.90. The molecule has 1 heterocycles. The van der Waals surface area contributed by atoms with Gasteiger partial charge in [-0.15, -0.1) is 0 Å². The van der Waals surface area contributed by atoms with Crippen LogP contribution in [0.15, 0.2) is 12.3 Å². The molecule has 72 valence electrons. The lowest BCUT2D eigenvalue weighted by Crippen LogP contribution is -2.38. The van der Waals surface area contributed by atoms with Crippen LogP contribution in [0.3, 0.4) is 0 Å². The molecule has 3 N–H and O–H groups in total. The van der Waals surface area contributed by atoms with Crippen LogP contribution in [0.5, 0.6) is 0 Å². The van der Waals surface area contributed by atoms with E-state index in [1.54, 1.807) is 13.0 Å². The molecule has 0 aliphatic carbocycles. The number of hydrogen-bond acceptors (Lipinski definition) is 3. The molecule has 1 atom stereocenters. The summed E-state index contributed by atoms with van der Waals surface area (Å²) in [6.45, 7) is 1.43. The Morgan fingerprint density at radius 2 is 2.23 bits per heavy atom. The molecule has 1 aromatic heterocycles. The van der Waals surface area contributed by atoms with Crippen molar-refractivity contribution < 1.29 is 5.11 Å². The first-order valence-electron chi connectivity index (χ1n) is 3.68. The van der Waals surface area contributed by atoms with Crippen LogP contribution in [0.25, 0.3) is 0 Å². The molecule has 13 heavy (non-hydrogen) atoms. The number of halogens is 2. The fourth-order valence-corrected chi connectivity index (χ4v) is 1.51. The highest BCUT2D eigenvalue weighted by molar-refractivity contribution is 6.34. The number of pyridine rings is 1. The van der Waals surface area contributed by atoms with Crippen LogP contribution >= 0.6 is 23.2 Å². The van der Waals surface area contributed by atoms with E-state index in [1.165, 1.54) is 6.20 Å². The molecule has 0 aromatic carbocycles. The van der Waals surface area contributed by atoms with Crippen LogP contribution in [-0.4, -0.2) is 16.7 Å². The molecular formula is C8H10Cl2N2O. The van der Waals surface area contributed by atoms with Gasteiger partial charge in [-0.1, -0.05) is 23.2 Å². The monoisotopic (exact) mass is 220 g/mol. The average molecular weight is 221 g/mol. The minimum absolute atomic E-state index is 0.221. The molecule has 1 aromatic rings. The van der Waals surface area contributed by atoms with Gasteiger partial charge in [0.2, 0.25) is 0 Å². The van der Waals surface area contributed by atoms with Crippen molar-refractivity contribution >= 4 is 23.2 Å². The van der Waals surface area contributed by atoms with E-state index in [2.05, 4.69) is 4.98 Å². The molecule has 1 rings (SSSR count). The summed E-state index contributed by atoms with van der Waals surface area (Å²) in [5, 5.41) is 9.80. The van der Waals surface area contributed by atoms with Crippen LogP contribution in [-0.2, 0) is 5.54 Å². The predicted octanol–water partition coefficient (Wildman–Crippen LogP) is 1.55. The highest BCUT2D eigenvalue weighted by Gasteiger charge is 2.24. The van der Waals surface area contributed by atoms with Crippen LogP contribution in [0, 0.1) is 0 Å². The lowest BCUT2D eigenvalue weighted by molar-refractivity contribution is 0.207. The normalized spacial score (nSPS) is 15.5. The SMILES string of the molecule is C[C@](N)(CO)c1ncc(Cl)cc1Cl. The Balaban J connectivity index is 3.16. The maximum Gasteiger partial charge on any atom is 0.0810 e. The van der Waals surface area contributed by atoms with Crippen LogP contribution in [0.4, 0.5) is 0 Å². The Bertz CT molecular complexity index is 315. The molecule has 0 aliphatic heterocycles. The quantitative estimate of drug-likeness (QED) is 0.796. The van der Waals surface area contributed by atoms with E-state index in [9.17, 15) is 0 Å². The topological polar surface area (TPSA) is 59.1 Å². The molecule has 0 aliphatic rings. The molecular weight excluding hydrogens is 211 g/mol. The van der Waals surface area contributed by atoms with Gasteiger partial charge in [-0.2, -0.15) is 0 Å². The molecule has 0 spiro atoms. The number of aromatic nitrogens is 1. The van der Waals surface area contributed by atoms with Crippen molar-refractivity contribution in [2.24, 2.45) is 5.73 Å². The number of nitrogens with two attached hydrogens (primary N) is 1. The Kier molecular flexibility index (Phi) is 3.14. The van der Waals surface area contributed by atoms with Crippen molar-refractivity contribution in [3.05, 3.63) is 28.0 Å². The van der Waals surface area contributed by atoms with Crippen molar-refractivity contribution in [2.75, 3.05) is 6.61 Å². The molecule has 0 amide bonds. The number of nitrogens with zero attached hydrogens (tertiary/aromatic N) is 1. The van der Waals surface area contributed by atoms with Crippen molar-refractivity contribution in [1.29, 1.82) is 0 Å². The predicted molar refractivity (Wildman–Crippen MR) is 52.9 cm³/mol. The molecule has 5 heteroatoms. The largest absolute Gasteiger partial charge is 0.394 e. The third kappa shape index (κ3) is 2.31. The number of rotatable bonds is 2. The number of aliphatic hydroxyl groups excluding tert-OH is 1. The highest BCUT2D eigenvalue weighted by atomic mass is 35.5. The zero-order valence-electron chi connectivity index (χ0n) is 7.09. The van der Waals surface area contributed by atoms with Crippen molar-refractivity contribution in [3.8, 4) is 0 Å². The summed E-state index contributed by atoms with van der Waals surface area (Å²) in [6, 6.07) is 1.55. The van der Waals surface area contributed by atoms with Crippen LogP contribution in [0.1, 0.15) is 12.6 Å². The van der Waals surface area contributed by atoms with Crippen molar-refractivity contribution in [1.82, 2.24) is 4.98 Å². The molecule has 0 unspecified atom stereocenters. The van der Waals surface area contributed by atoms with Gasteiger partial charge in [-0.3, -0.25) is 4.98 Å². The third-order valence-electron chi connectivity index (χ3n) is 1.68. The molecule has 0 saturated heterocycles. The van der Waals surface area contributed by atoms with E-state index < -0.39 is 5.54 Å². The van der Waals surface area contributed by atoms with Gasteiger partial charge in [0.25, 0.3) is 0 Å². The zero-order valence-corrected chi connectivity index (χ0v) is 8.60. The maximum absolute atomic E-state index is 8.98. The Morgan fingerprint density at radius 1 is 1.62 bits per heavy atom. The van der Waals surface area contributed by atoms with Gasteiger partial charge in [0.05, 0.1) is 27.9 Å². The lowest BCUT2D eigenvalue weighted by atomic mass is 10.00. The molecule has 0 radical (unpaired) electrons. The summed E-state index contributed by atoms with van der Waals surface area (Å²) in [6.07, 6.45) is 1.45. The van der Waals surface area contributed by atoms with Gasteiger partial charge in [0.15, 0.2) is 0 Å². The first-order valence-corrected chi connectivity index (χ1v) is 4.44. The number of hydrogen-bond donors (Lipinski definition) is 2. The van der Waals surface area contributed by atoms with E-state index >= 15 is 0 Å². The Labute approximate surface area is 86.5 Å². The second kappa shape index (κ2) is 3.80. The highest BCUT2D eigenvalue weighted by Crippen LogP contribution is 2.25. The van der Waals surface area contributed by atoms with Crippen LogP contribution < -0.4 is 5.73 Å². The van der Waals surface area contributed by atoms with E-state index in [-0.39, 0.29) is 6.61 Å². The molecule has 0 saturated carbocycles. The van der Waals surface area contributed by atoms with E-state index in [0.29, 0.717) is 15.7 Å². The smallest absolute Gasteiger partial charge is 0.0810 e. The number of aliphatic hydroxyl groups is 1. The summed E-state index contributed by atoms with van der Waals surface area (Å²) < 4.78 is 0. The zero-order chi connectivity index (χ0) is 10.1. The fourth-order valence-electron chi connectivity index (χ4n) is 0.910. The van der Waals surface area contributed by atoms with Gasteiger partial charge in [-0.05, 0) is 13.0 Å². The summed E-state index contributed by atoms with van der Waals surface area (Å²) in [4.78, 5) is 3.97. The maximum atomic E-state index is 8.98. The van der Waals surface area contributed by atoms with Gasteiger partial charge in [0, 0.05) is 6.20 Å². The fraction of sp³-hybridized carbons (Fsp3) is 0.375. The summed E-state index contributed by atoms with van der Waals surface area (Å²) in [5.74, 6) is 0. The molecule has 0 bridgehead atoms. The first-order chi connectivity index (χ1) is 5.97. The minimum atomic E-state index is -0.929. The van der Waals surface area contributed by atoms with Gasteiger partial charge in [0.1, 0.15) is 0 Å². The van der Waals surface area contributed by atoms with Gasteiger partial charge < -0.3 is 10.8 Å². The lowest BCUT2D eigenvalue weighted by Gasteiger charge is -2.21. The molecule has 3 nitrogen and oxygen atoms in total. The Morgan fingerprint density at radius 3 is 2.69 bits per heavy atom.